The summed E-state index contributed by atoms with van der Waals surface area (Å²) in [5.74, 6) is 1.73. The lowest BCUT2D eigenvalue weighted by Gasteiger charge is -2.31. The summed E-state index contributed by atoms with van der Waals surface area (Å²) in [6.07, 6.45) is 6.47. The van der Waals surface area contributed by atoms with Crippen molar-refractivity contribution in [3.8, 4) is 0 Å². The summed E-state index contributed by atoms with van der Waals surface area (Å²) in [6.45, 7) is 5.71. The predicted octanol–water partition coefficient (Wildman–Crippen LogP) is 2.12. The lowest BCUT2D eigenvalue weighted by Crippen LogP contribution is -2.34. The van der Waals surface area contributed by atoms with Gasteiger partial charge in [-0.15, -0.1) is 0 Å². The number of hydrogen-bond donors (Lipinski definition) is 1. The number of fused-ring (bicyclic) bond motifs is 1. The monoisotopic (exact) mass is 244 g/mol. The number of hydrogen-bond acceptors (Lipinski definition) is 3. The van der Waals surface area contributed by atoms with Crippen molar-refractivity contribution >= 4 is 11.2 Å². The molecule has 4 nitrogen and oxygen atoms in total. The maximum atomic E-state index is 5.81. The molecule has 0 spiro atoms. The van der Waals surface area contributed by atoms with Gasteiger partial charge >= 0.3 is 0 Å². The lowest BCUT2D eigenvalue weighted by molar-refractivity contribution is 0.213. The van der Waals surface area contributed by atoms with E-state index in [4.69, 9.17) is 5.73 Å². The molecule has 4 heteroatoms. The standard InChI is InChI=1S/C14H20N4/c1-2-17-6-3-4-11(10-17)14-16-9-13-8-12(15)5-7-18(13)14/h5,7-9,11H,2-4,6,10,15H2,1H3. The maximum Gasteiger partial charge on any atom is 0.117 e. The third-order valence-electron chi connectivity index (χ3n) is 3.90. The molecule has 0 aromatic carbocycles. The molecule has 0 radical (unpaired) electrons. The average molecular weight is 244 g/mol. The Morgan fingerprint density at radius 3 is 3.22 bits per heavy atom. The molecular weight excluding hydrogens is 224 g/mol. The summed E-state index contributed by atoms with van der Waals surface area (Å²) in [5, 5.41) is 0. The van der Waals surface area contributed by atoms with Crippen LogP contribution >= 0.6 is 0 Å². The molecule has 0 aliphatic carbocycles. The Bertz CT molecular complexity index is 546. The second-order valence-electron chi connectivity index (χ2n) is 5.10. The first kappa shape index (κ1) is 11.5. The highest BCUT2D eigenvalue weighted by Crippen LogP contribution is 2.26. The van der Waals surface area contributed by atoms with E-state index in [2.05, 4.69) is 21.2 Å². The lowest BCUT2D eigenvalue weighted by atomic mass is 9.97. The van der Waals surface area contributed by atoms with Crippen LogP contribution in [0.2, 0.25) is 0 Å². The minimum atomic E-state index is 0.546. The van der Waals surface area contributed by atoms with Gasteiger partial charge in [0.2, 0.25) is 0 Å². The number of nitrogens with zero attached hydrogens (tertiary/aromatic N) is 3. The number of imidazole rings is 1. The Kier molecular flexibility index (Phi) is 2.96. The van der Waals surface area contributed by atoms with Gasteiger partial charge in [-0.3, -0.25) is 0 Å². The molecule has 1 fully saturated rings. The zero-order valence-corrected chi connectivity index (χ0v) is 10.8. The van der Waals surface area contributed by atoms with Crippen LogP contribution in [0, 0.1) is 0 Å². The molecule has 2 N–H and O–H groups in total. The summed E-state index contributed by atoms with van der Waals surface area (Å²) < 4.78 is 2.18. The molecule has 2 aromatic rings. The number of piperidine rings is 1. The summed E-state index contributed by atoms with van der Waals surface area (Å²) >= 11 is 0. The molecule has 1 aliphatic rings. The SMILES string of the molecule is CCN1CCCC(c2ncc3cc(N)ccn23)C1. The van der Waals surface area contributed by atoms with Crippen LogP contribution in [-0.2, 0) is 0 Å². The fourth-order valence-electron chi connectivity index (χ4n) is 2.89. The molecule has 1 saturated heterocycles. The quantitative estimate of drug-likeness (QED) is 0.880. The van der Waals surface area contributed by atoms with Crippen molar-refractivity contribution in [2.24, 2.45) is 0 Å². The highest BCUT2D eigenvalue weighted by Gasteiger charge is 2.23. The van der Waals surface area contributed by atoms with Crippen LogP contribution in [0.15, 0.2) is 24.5 Å². The van der Waals surface area contributed by atoms with Gasteiger partial charge in [-0.2, -0.15) is 0 Å². The van der Waals surface area contributed by atoms with Gasteiger partial charge in [-0.1, -0.05) is 6.92 Å². The number of likely N-dealkylation sites (tertiary alicyclic amines) is 1. The molecule has 1 aliphatic heterocycles. The Hall–Kier alpha value is -1.55. The highest BCUT2D eigenvalue weighted by molar-refractivity contribution is 5.56. The molecule has 0 amide bonds. The summed E-state index contributed by atoms with van der Waals surface area (Å²) in [7, 11) is 0. The number of nitrogens with two attached hydrogens (primary N) is 1. The van der Waals surface area contributed by atoms with Gasteiger partial charge in [0.05, 0.1) is 11.7 Å². The van der Waals surface area contributed by atoms with Crippen LogP contribution in [0.5, 0.6) is 0 Å². The maximum absolute atomic E-state index is 5.81. The molecule has 3 rings (SSSR count). The molecule has 1 unspecified atom stereocenters. The second-order valence-corrected chi connectivity index (χ2v) is 5.10. The Morgan fingerprint density at radius 2 is 2.39 bits per heavy atom. The van der Waals surface area contributed by atoms with Crippen LogP contribution in [-0.4, -0.2) is 33.9 Å². The van der Waals surface area contributed by atoms with Crippen molar-refractivity contribution in [1.29, 1.82) is 0 Å². The molecule has 18 heavy (non-hydrogen) atoms. The Labute approximate surface area is 107 Å². The minimum Gasteiger partial charge on any atom is -0.399 e. The number of anilines is 1. The molecule has 2 aromatic heterocycles. The smallest absolute Gasteiger partial charge is 0.117 e. The van der Waals surface area contributed by atoms with Crippen molar-refractivity contribution in [3.63, 3.8) is 0 Å². The molecular formula is C14H20N4. The molecule has 0 bridgehead atoms. The van der Waals surface area contributed by atoms with E-state index in [-0.39, 0.29) is 0 Å². The van der Waals surface area contributed by atoms with Crippen molar-refractivity contribution in [1.82, 2.24) is 14.3 Å². The van der Waals surface area contributed by atoms with Gasteiger partial charge in [0, 0.05) is 24.3 Å². The number of rotatable bonds is 2. The van der Waals surface area contributed by atoms with Gasteiger partial charge < -0.3 is 15.0 Å². The van der Waals surface area contributed by atoms with E-state index in [1.165, 1.54) is 25.2 Å². The van der Waals surface area contributed by atoms with Crippen LogP contribution in [0.3, 0.4) is 0 Å². The average Bonchev–Trinajstić information content (AvgIpc) is 2.81. The Balaban J connectivity index is 1.94. The van der Waals surface area contributed by atoms with Gasteiger partial charge in [0.15, 0.2) is 0 Å². The third-order valence-corrected chi connectivity index (χ3v) is 3.90. The van der Waals surface area contributed by atoms with E-state index in [0.717, 1.165) is 24.3 Å². The largest absolute Gasteiger partial charge is 0.399 e. The van der Waals surface area contributed by atoms with Crippen molar-refractivity contribution in [3.05, 3.63) is 30.4 Å². The second kappa shape index (κ2) is 4.61. The normalized spacial score (nSPS) is 21.5. The van der Waals surface area contributed by atoms with Crippen molar-refractivity contribution < 1.29 is 0 Å². The van der Waals surface area contributed by atoms with Crippen LogP contribution < -0.4 is 5.73 Å². The van der Waals surface area contributed by atoms with E-state index in [9.17, 15) is 0 Å². The van der Waals surface area contributed by atoms with E-state index in [1.807, 2.05) is 24.5 Å². The topological polar surface area (TPSA) is 46.6 Å². The molecule has 3 heterocycles. The van der Waals surface area contributed by atoms with E-state index in [1.54, 1.807) is 0 Å². The van der Waals surface area contributed by atoms with Crippen LogP contribution in [0.4, 0.5) is 5.69 Å². The van der Waals surface area contributed by atoms with Crippen LogP contribution in [0.1, 0.15) is 31.5 Å². The fourth-order valence-corrected chi connectivity index (χ4v) is 2.89. The van der Waals surface area contributed by atoms with Gasteiger partial charge in [-0.05, 0) is 38.1 Å². The zero-order chi connectivity index (χ0) is 12.5. The fraction of sp³-hybridized carbons (Fsp3) is 0.500. The summed E-state index contributed by atoms with van der Waals surface area (Å²) in [4.78, 5) is 7.12. The van der Waals surface area contributed by atoms with E-state index in [0.29, 0.717) is 5.92 Å². The first-order valence-electron chi connectivity index (χ1n) is 6.72. The number of likely N-dealkylation sites (N-methyl/N-ethyl adjacent to an activating group) is 1. The van der Waals surface area contributed by atoms with Crippen molar-refractivity contribution in [2.75, 3.05) is 25.4 Å². The number of nitrogen functional groups attached to an aromatic ring is 1. The Morgan fingerprint density at radius 1 is 1.50 bits per heavy atom. The molecule has 1 atom stereocenters. The van der Waals surface area contributed by atoms with E-state index < -0.39 is 0 Å². The first-order valence-corrected chi connectivity index (χ1v) is 6.72. The third kappa shape index (κ3) is 1.97. The van der Waals surface area contributed by atoms with Gasteiger partial charge in [-0.25, -0.2) is 4.98 Å². The minimum absolute atomic E-state index is 0.546. The number of aromatic nitrogens is 2. The van der Waals surface area contributed by atoms with E-state index >= 15 is 0 Å². The van der Waals surface area contributed by atoms with Gasteiger partial charge in [0.1, 0.15) is 5.82 Å². The molecule has 0 saturated carbocycles. The summed E-state index contributed by atoms with van der Waals surface area (Å²) in [6, 6.07) is 3.93. The van der Waals surface area contributed by atoms with Crippen molar-refractivity contribution in [2.45, 2.75) is 25.7 Å². The highest BCUT2D eigenvalue weighted by atomic mass is 15.1. The zero-order valence-electron chi connectivity index (χ0n) is 10.8. The number of pyridine rings is 1. The summed E-state index contributed by atoms with van der Waals surface area (Å²) in [5.41, 5.74) is 7.70. The molecule has 96 valence electrons. The van der Waals surface area contributed by atoms with Gasteiger partial charge in [0.25, 0.3) is 0 Å². The van der Waals surface area contributed by atoms with Crippen LogP contribution in [0.25, 0.3) is 5.52 Å². The predicted molar refractivity (Wildman–Crippen MR) is 73.7 cm³/mol. The first-order chi connectivity index (χ1) is 8.78.